The van der Waals surface area contributed by atoms with Crippen LogP contribution in [0.2, 0.25) is 0 Å². The summed E-state index contributed by atoms with van der Waals surface area (Å²) in [5, 5.41) is 0. The van der Waals surface area contributed by atoms with Crippen molar-refractivity contribution in [2.75, 3.05) is 12.3 Å². The van der Waals surface area contributed by atoms with Crippen LogP contribution in [0.15, 0.2) is 29.1 Å². The first-order valence-electron chi connectivity index (χ1n) is 6.96. The van der Waals surface area contributed by atoms with Crippen molar-refractivity contribution in [1.29, 1.82) is 0 Å². The summed E-state index contributed by atoms with van der Waals surface area (Å²) in [6.07, 6.45) is 0.981. The number of fused-ring (bicyclic) bond motifs is 1. The van der Waals surface area contributed by atoms with Crippen molar-refractivity contribution in [2.24, 2.45) is 0 Å². The number of nitrogens with two attached hydrogens (primary N) is 1. The minimum atomic E-state index is -0.467. The van der Waals surface area contributed by atoms with Gasteiger partial charge in [-0.2, -0.15) is 0 Å². The summed E-state index contributed by atoms with van der Waals surface area (Å²) in [7, 11) is 0. The maximum atomic E-state index is 12.1. The molecule has 3 rings (SSSR count). The quantitative estimate of drug-likeness (QED) is 0.898. The van der Waals surface area contributed by atoms with Gasteiger partial charge in [-0.15, -0.1) is 0 Å². The molecule has 1 aliphatic heterocycles. The molecular weight excluding hydrogens is 270 g/mol. The molecule has 6 heteroatoms. The summed E-state index contributed by atoms with van der Waals surface area (Å²) in [4.78, 5) is 19.1. The highest BCUT2D eigenvalue weighted by Gasteiger charge is 2.25. The molecule has 0 saturated heterocycles. The minimum Gasteiger partial charge on any atom is -0.485 e. The van der Waals surface area contributed by atoms with Gasteiger partial charge in [0.2, 0.25) is 0 Å². The van der Waals surface area contributed by atoms with Gasteiger partial charge in [-0.05, 0) is 18.6 Å². The van der Waals surface area contributed by atoms with E-state index in [2.05, 4.69) is 9.97 Å². The number of nitrogens with zero attached hydrogens (tertiary/aromatic N) is 1. The monoisotopic (exact) mass is 287 g/mol. The Labute approximate surface area is 121 Å². The van der Waals surface area contributed by atoms with Gasteiger partial charge in [0.05, 0.1) is 5.56 Å². The molecular formula is C15H17N3O3. The van der Waals surface area contributed by atoms with Crippen molar-refractivity contribution < 1.29 is 9.47 Å². The molecule has 0 spiro atoms. The topological polar surface area (TPSA) is 90.2 Å². The third-order valence-electron chi connectivity index (χ3n) is 3.38. The maximum Gasteiger partial charge on any atom is 0.256 e. The smallest absolute Gasteiger partial charge is 0.256 e. The van der Waals surface area contributed by atoms with E-state index in [1.165, 1.54) is 0 Å². The number of para-hydroxylation sites is 2. The van der Waals surface area contributed by atoms with Crippen LogP contribution in [-0.4, -0.2) is 16.6 Å². The number of nitrogen functional groups attached to an aromatic ring is 1. The third kappa shape index (κ3) is 2.56. The molecule has 1 aliphatic rings. The molecule has 1 aromatic heterocycles. The Bertz CT molecular complexity index is 712. The zero-order valence-electron chi connectivity index (χ0n) is 11.8. The fourth-order valence-electron chi connectivity index (χ4n) is 2.33. The molecule has 0 bridgehead atoms. The van der Waals surface area contributed by atoms with Crippen molar-refractivity contribution in [3.05, 3.63) is 46.0 Å². The second-order valence-corrected chi connectivity index (χ2v) is 4.93. The predicted octanol–water partition coefficient (Wildman–Crippen LogP) is 1.82. The number of H-pyrrole nitrogens is 1. The number of rotatable bonds is 3. The Kier molecular flexibility index (Phi) is 3.51. The Morgan fingerprint density at radius 1 is 1.38 bits per heavy atom. The third-order valence-corrected chi connectivity index (χ3v) is 3.38. The van der Waals surface area contributed by atoms with Gasteiger partial charge in [0.15, 0.2) is 23.4 Å². The lowest BCUT2D eigenvalue weighted by atomic mass is 10.2. The van der Waals surface area contributed by atoms with Gasteiger partial charge in [-0.25, -0.2) is 4.98 Å². The van der Waals surface area contributed by atoms with Crippen LogP contribution in [0.5, 0.6) is 11.5 Å². The molecule has 2 heterocycles. The van der Waals surface area contributed by atoms with Gasteiger partial charge in [-0.3, -0.25) is 4.79 Å². The summed E-state index contributed by atoms with van der Waals surface area (Å²) >= 11 is 0. The zero-order chi connectivity index (χ0) is 14.8. The van der Waals surface area contributed by atoms with E-state index in [0.29, 0.717) is 29.3 Å². The van der Waals surface area contributed by atoms with Gasteiger partial charge in [0.1, 0.15) is 12.4 Å². The number of benzene rings is 1. The van der Waals surface area contributed by atoms with E-state index in [0.717, 1.165) is 6.42 Å². The number of aromatic nitrogens is 2. The number of anilines is 1. The van der Waals surface area contributed by atoms with Crippen LogP contribution in [0.1, 0.15) is 30.8 Å². The summed E-state index contributed by atoms with van der Waals surface area (Å²) in [6, 6.07) is 7.38. The second-order valence-electron chi connectivity index (χ2n) is 4.93. The van der Waals surface area contributed by atoms with Gasteiger partial charge < -0.3 is 20.2 Å². The van der Waals surface area contributed by atoms with Crippen LogP contribution >= 0.6 is 0 Å². The molecule has 3 N–H and O–H groups in total. The average Bonchev–Trinajstić information content (AvgIpc) is 2.50. The summed E-state index contributed by atoms with van der Waals surface area (Å²) in [6.45, 7) is 2.27. The normalized spacial score (nSPS) is 16.7. The number of nitrogens with one attached hydrogen (secondary N) is 1. The lowest BCUT2D eigenvalue weighted by Crippen LogP contribution is -2.28. The van der Waals surface area contributed by atoms with Crippen molar-refractivity contribution in [2.45, 2.75) is 25.9 Å². The average molecular weight is 287 g/mol. The van der Waals surface area contributed by atoms with E-state index in [9.17, 15) is 4.79 Å². The summed E-state index contributed by atoms with van der Waals surface area (Å²) in [5.74, 6) is 1.98. The van der Waals surface area contributed by atoms with E-state index in [1.807, 2.05) is 31.2 Å². The fourth-order valence-corrected chi connectivity index (χ4v) is 2.33. The Balaban J connectivity index is 1.91. The molecule has 6 nitrogen and oxygen atoms in total. The lowest BCUT2D eigenvalue weighted by molar-refractivity contribution is 0.0849. The number of aromatic amines is 1. The highest BCUT2D eigenvalue weighted by molar-refractivity contribution is 5.42. The van der Waals surface area contributed by atoms with Crippen LogP contribution in [-0.2, 0) is 6.42 Å². The van der Waals surface area contributed by atoms with E-state index < -0.39 is 6.10 Å². The van der Waals surface area contributed by atoms with Crippen LogP contribution in [0.3, 0.4) is 0 Å². The molecule has 0 amide bonds. The number of hydrogen-bond donors (Lipinski definition) is 2. The van der Waals surface area contributed by atoms with Crippen LogP contribution in [0.4, 0.5) is 5.82 Å². The highest BCUT2D eigenvalue weighted by atomic mass is 16.6. The van der Waals surface area contributed by atoms with Crippen LogP contribution in [0.25, 0.3) is 0 Å². The van der Waals surface area contributed by atoms with Crippen molar-refractivity contribution in [1.82, 2.24) is 9.97 Å². The molecule has 1 atom stereocenters. The first-order chi connectivity index (χ1) is 10.2. The molecule has 1 aromatic carbocycles. The van der Waals surface area contributed by atoms with E-state index in [1.54, 1.807) is 0 Å². The van der Waals surface area contributed by atoms with E-state index >= 15 is 0 Å². The fraction of sp³-hybridized carbons (Fsp3) is 0.333. The second kappa shape index (κ2) is 5.47. The van der Waals surface area contributed by atoms with Gasteiger partial charge >= 0.3 is 0 Å². The SMILES string of the molecule is CCCc1c(N)nc(C2COc3ccccc3O2)[nH]c1=O. The van der Waals surface area contributed by atoms with Crippen LogP contribution < -0.4 is 20.8 Å². The molecule has 1 unspecified atom stereocenters. The van der Waals surface area contributed by atoms with Gasteiger partial charge in [0.25, 0.3) is 5.56 Å². The zero-order valence-corrected chi connectivity index (χ0v) is 11.8. The standard InChI is InChI=1S/C15H17N3O3/c1-2-5-9-13(16)17-14(18-15(9)19)12-8-20-10-6-3-4-7-11(10)21-12/h3-4,6-7,12H,2,5,8H2,1H3,(H3,16,17,18,19). The van der Waals surface area contributed by atoms with E-state index in [-0.39, 0.29) is 18.0 Å². The molecule has 0 aliphatic carbocycles. The van der Waals surface area contributed by atoms with E-state index in [4.69, 9.17) is 15.2 Å². The molecule has 0 radical (unpaired) electrons. The summed E-state index contributed by atoms with van der Waals surface area (Å²) in [5.41, 5.74) is 6.20. The first-order valence-corrected chi connectivity index (χ1v) is 6.96. The first kappa shape index (κ1) is 13.5. The minimum absolute atomic E-state index is 0.207. The van der Waals surface area contributed by atoms with Crippen molar-refractivity contribution >= 4 is 5.82 Å². The van der Waals surface area contributed by atoms with Gasteiger partial charge in [0, 0.05) is 0 Å². The lowest BCUT2D eigenvalue weighted by Gasteiger charge is -2.25. The highest BCUT2D eigenvalue weighted by Crippen LogP contribution is 2.34. The molecule has 0 saturated carbocycles. The van der Waals surface area contributed by atoms with Crippen molar-refractivity contribution in [3.8, 4) is 11.5 Å². The molecule has 110 valence electrons. The molecule has 0 fully saturated rings. The predicted molar refractivity (Wildman–Crippen MR) is 78.6 cm³/mol. The Hall–Kier alpha value is -2.50. The largest absolute Gasteiger partial charge is 0.485 e. The number of hydrogen-bond acceptors (Lipinski definition) is 5. The maximum absolute atomic E-state index is 12.1. The Morgan fingerprint density at radius 2 is 2.14 bits per heavy atom. The molecule has 21 heavy (non-hydrogen) atoms. The number of ether oxygens (including phenoxy) is 2. The molecule has 2 aromatic rings. The van der Waals surface area contributed by atoms with Crippen LogP contribution in [0, 0.1) is 0 Å². The van der Waals surface area contributed by atoms with Gasteiger partial charge in [-0.1, -0.05) is 25.5 Å². The van der Waals surface area contributed by atoms with Crippen molar-refractivity contribution in [3.63, 3.8) is 0 Å². The summed E-state index contributed by atoms with van der Waals surface area (Å²) < 4.78 is 11.4. The Morgan fingerprint density at radius 3 is 2.86 bits per heavy atom.